The summed E-state index contributed by atoms with van der Waals surface area (Å²) < 4.78 is 13.8. The maximum Gasteiger partial charge on any atom is 0.406 e. The zero-order valence-corrected chi connectivity index (χ0v) is 9.19. The van der Waals surface area contributed by atoms with Gasteiger partial charge in [-0.15, -0.1) is 0 Å². The fraction of sp³-hybridized carbons (Fsp3) is 0.200. The van der Waals surface area contributed by atoms with Gasteiger partial charge in [-0.25, -0.2) is 9.59 Å². The summed E-state index contributed by atoms with van der Waals surface area (Å²) in [7, 11) is 1.52. The van der Waals surface area contributed by atoms with E-state index >= 15 is 0 Å². The number of hydrogen-bond donors (Lipinski definition) is 0. The zero-order chi connectivity index (χ0) is 12.0. The normalized spacial score (nSPS) is 9.38. The predicted octanol–water partition coefficient (Wildman–Crippen LogP) is 2.18. The first-order chi connectivity index (χ1) is 7.63. The van der Waals surface area contributed by atoms with Gasteiger partial charge in [0.2, 0.25) is 6.79 Å². The van der Waals surface area contributed by atoms with Crippen LogP contribution in [0.1, 0.15) is 10.4 Å². The molecule has 5 nitrogen and oxygen atoms in total. The number of carbonyl (C=O) groups is 2. The molecule has 0 aliphatic rings. The maximum atomic E-state index is 11.3. The van der Waals surface area contributed by atoms with Gasteiger partial charge in [-0.05, 0) is 24.3 Å². The number of halogens is 1. The Kier molecular flexibility index (Phi) is 4.60. The summed E-state index contributed by atoms with van der Waals surface area (Å²) in [6.07, 6.45) is 0. The van der Waals surface area contributed by atoms with Crippen LogP contribution in [0.4, 0.5) is 4.79 Å². The Morgan fingerprint density at radius 2 is 1.81 bits per heavy atom. The highest BCUT2D eigenvalue weighted by molar-refractivity contribution is 6.61. The van der Waals surface area contributed by atoms with E-state index < -0.39 is 18.2 Å². The molecule has 1 rings (SSSR count). The SMILES string of the molecule is COc1ccc(C(=O)OCOC(=O)Cl)cc1. The minimum atomic E-state index is -1.03. The molecule has 1 aromatic carbocycles. The molecule has 0 saturated carbocycles. The molecule has 0 spiro atoms. The van der Waals surface area contributed by atoms with Crippen molar-refractivity contribution in [1.82, 2.24) is 0 Å². The Morgan fingerprint density at radius 3 is 2.31 bits per heavy atom. The molecule has 86 valence electrons. The first-order valence-electron chi connectivity index (χ1n) is 4.27. The average molecular weight is 245 g/mol. The van der Waals surface area contributed by atoms with E-state index in [0.29, 0.717) is 11.3 Å². The molecule has 1 aromatic rings. The lowest BCUT2D eigenvalue weighted by atomic mass is 10.2. The molecule has 0 fully saturated rings. The van der Waals surface area contributed by atoms with E-state index in [4.69, 9.17) is 16.3 Å². The number of carbonyl (C=O) groups excluding carboxylic acids is 2. The molecule has 0 heterocycles. The molecule has 0 aromatic heterocycles. The van der Waals surface area contributed by atoms with Crippen LogP contribution in [0.3, 0.4) is 0 Å². The standard InChI is InChI=1S/C10H9ClO5/c1-14-8-4-2-7(3-5-8)9(12)15-6-16-10(11)13/h2-5H,6H2,1H3. The Balaban J connectivity index is 2.49. The number of methoxy groups -OCH3 is 1. The van der Waals surface area contributed by atoms with Gasteiger partial charge in [0.05, 0.1) is 12.7 Å². The fourth-order valence-electron chi connectivity index (χ4n) is 0.940. The van der Waals surface area contributed by atoms with Crippen LogP contribution in [0.5, 0.6) is 5.75 Å². The molecule has 0 atom stereocenters. The first-order valence-corrected chi connectivity index (χ1v) is 4.64. The number of ether oxygens (including phenoxy) is 3. The summed E-state index contributed by atoms with van der Waals surface area (Å²) in [5.74, 6) is 0.0179. The highest BCUT2D eigenvalue weighted by Gasteiger charge is 2.07. The van der Waals surface area contributed by atoms with Gasteiger partial charge in [0.15, 0.2) is 0 Å². The Labute approximate surface area is 96.9 Å². The molecule has 0 unspecified atom stereocenters. The van der Waals surface area contributed by atoms with E-state index in [-0.39, 0.29) is 0 Å². The van der Waals surface area contributed by atoms with Crippen molar-refractivity contribution in [3.63, 3.8) is 0 Å². The quantitative estimate of drug-likeness (QED) is 0.462. The van der Waals surface area contributed by atoms with Crippen molar-refractivity contribution < 1.29 is 23.8 Å². The smallest absolute Gasteiger partial charge is 0.406 e. The molecular weight excluding hydrogens is 236 g/mol. The first kappa shape index (κ1) is 12.3. The summed E-state index contributed by atoms with van der Waals surface area (Å²) in [5, 5.41) is 0. The Hall–Kier alpha value is -1.75. The predicted molar refractivity (Wildman–Crippen MR) is 55.6 cm³/mol. The van der Waals surface area contributed by atoms with E-state index in [1.54, 1.807) is 12.1 Å². The van der Waals surface area contributed by atoms with Crippen molar-refractivity contribution in [2.45, 2.75) is 0 Å². The molecule has 16 heavy (non-hydrogen) atoms. The van der Waals surface area contributed by atoms with Crippen LogP contribution in [-0.2, 0) is 9.47 Å². The van der Waals surface area contributed by atoms with Gasteiger partial charge in [0, 0.05) is 11.6 Å². The second-order valence-electron chi connectivity index (χ2n) is 2.66. The van der Waals surface area contributed by atoms with Crippen molar-refractivity contribution in [1.29, 1.82) is 0 Å². The summed E-state index contributed by atoms with van der Waals surface area (Å²) in [5.41, 5.74) is -0.700. The summed E-state index contributed by atoms with van der Waals surface area (Å²) in [6.45, 7) is -0.507. The van der Waals surface area contributed by atoms with Gasteiger partial charge in [-0.2, -0.15) is 0 Å². The van der Waals surface area contributed by atoms with Crippen LogP contribution in [0.15, 0.2) is 24.3 Å². The van der Waals surface area contributed by atoms with Crippen LogP contribution < -0.4 is 4.74 Å². The van der Waals surface area contributed by atoms with Gasteiger partial charge in [-0.1, -0.05) is 0 Å². The second-order valence-corrected chi connectivity index (χ2v) is 2.97. The van der Waals surface area contributed by atoms with Gasteiger partial charge >= 0.3 is 11.4 Å². The largest absolute Gasteiger partial charge is 0.497 e. The lowest BCUT2D eigenvalue weighted by Gasteiger charge is -2.04. The highest BCUT2D eigenvalue weighted by Crippen LogP contribution is 2.11. The van der Waals surface area contributed by atoms with E-state index in [0.717, 1.165) is 0 Å². The molecule has 0 N–H and O–H groups in total. The monoisotopic (exact) mass is 244 g/mol. The third-order valence-electron chi connectivity index (χ3n) is 1.69. The van der Waals surface area contributed by atoms with Gasteiger partial charge in [0.1, 0.15) is 5.75 Å². The van der Waals surface area contributed by atoms with Crippen LogP contribution in [0, 0.1) is 0 Å². The van der Waals surface area contributed by atoms with Crippen molar-refractivity contribution in [3.05, 3.63) is 29.8 Å². The molecular formula is C10H9ClO5. The van der Waals surface area contributed by atoms with Crippen molar-refractivity contribution in [3.8, 4) is 5.75 Å². The van der Waals surface area contributed by atoms with Crippen LogP contribution in [0.2, 0.25) is 0 Å². The van der Waals surface area contributed by atoms with E-state index in [9.17, 15) is 9.59 Å². The molecule has 6 heteroatoms. The number of hydrogen-bond acceptors (Lipinski definition) is 5. The Bertz CT molecular complexity index is 373. The van der Waals surface area contributed by atoms with Crippen molar-refractivity contribution in [2.75, 3.05) is 13.9 Å². The molecule has 0 bridgehead atoms. The molecule has 0 radical (unpaired) electrons. The van der Waals surface area contributed by atoms with E-state index in [1.165, 1.54) is 19.2 Å². The van der Waals surface area contributed by atoms with E-state index in [2.05, 4.69) is 9.47 Å². The van der Waals surface area contributed by atoms with Crippen LogP contribution in [0.25, 0.3) is 0 Å². The van der Waals surface area contributed by atoms with Gasteiger partial charge in [-0.3, -0.25) is 0 Å². The third kappa shape index (κ3) is 3.78. The highest BCUT2D eigenvalue weighted by atomic mass is 35.5. The van der Waals surface area contributed by atoms with Crippen molar-refractivity contribution >= 4 is 23.0 Å². The van der Waals surface area contributed by atoms with Crippen LogP contribution in [-0.4, -0.2) is 25.3 Å². The third-order valence-corrected chi connectivity index (χ3v) is 1.80. The molecule has 0 saturated heterocycles. The van der Waals surface area contributed by atoms with Gasteiger partial charge in [0.25, 0.3) is 0 Å². The van der Waals surface area contributed by atoms with Gasteiger partial charge < -0.3 is 14.2 Å². The summed E-state index contributed by atoms with van der Waals surface area (Å²) >= 11 is 4.88. The topological polar surface area (TPSA) is 61.8 Å². The van der Waals surface area contributed by atoms with E-state index in [1.807, 2.05) is 0 Å². The minimum absolute atomic E-state index is 0.325. The minimum Gasteiger partial charge on any atom is -0.497 e. The average Bonchev–Trinajstić information content (AvgIpc) is 2.28. The zero-order valence-electron chi connectivity index (χ0n) is 8.44. The summed E-state index contributed by atoms with van der Waals surface area (Å²) in [4.78, 5) is 21.5. The number of benzene rings is 1. The fourth-order valence-corrected chi connectivity index (χ4v) is 0.984. The Morgan fingerprint density at radius 1 is 1.19 bits per heavy atom. The molecule has 0 amide bonds. The number of rotatable bonds is 4. The second kappa shape index (κ2) is 5.97. The maximum absolute atomic E-state index is 11.3. The lowest BCUT2D eigenvalue weighted by Crippen LogP contribution is -2.09. The molecule has 0 aliphatic heterocycles. The number of esters is 1. The van der Waals surface area contributed by atoms with Crippen molar-refractivity contribution in [2.24, 2.45) is 0 Å². The summed E-state index contributed by atoms with van der Waals surface area (Å²) in [6, 6.07) is 6.29. The van der Waals surface area contributed by atoms with Crippen LogP contribution >= 0.6 is 11.6 Å². The molecule has 0 aliphatic carbocycles. The lowest BCUT2D eigenvalue weighted by molar-refractivity contribution is 0.00372.